The lowest BCUT2D eigenvalue weighted by Gasteiger charge is -2.27. The predicted octanol–water partition coefficient (Wildman–Crippen LogP) is 4.55. The Hall–Kier alpha value is 1.40. The fraction of sp³-hybridized carbons (Fsp3) is 1.00. The smallest absolute Gasteiger partial charge is 0.107 e. The third-order valence-corrected chi connectivity index (χ3v) is 10.2. The van der Waals surface area contributed by atoms with Gasteiger partial charge in [-0.1, -0.05) is 13.8 Å². The summed E-state index contributed by atoms with van der Waals surface area (Å²) in [5.41, 5.74) is 0. The fourth-order valence-corrected chi connectivity index (χ4v) is 8.87. The average molecular weight is 281 g/mol. The number of hydrogen-bond acceptors (Lipinski definition) is 4. The van der Waals surface area contributed by atoms with Crippen molar-refractivity contribution in [1.82, 2.24) is 0 Å². The van der Waals surface area contributed by atoms with Gasteiger partial charge in [0, 0.05) is 22.0 Å². The molecule has 3 unspecified atom stereocenters. The maximum atomic E-state index is 2.39. The van der Waals surface area contributed by atoms with E-state index in [0.717, 1.165) is 10.5 Å². The summed E-state index contributed by atoms with van der Waals surface area (Å²) in [5.74, 6) is 4.08. The molecule has 0 amide bonds. The highest BCUT2D eigenvalue weighted by Gasteiger charge is 2.39. The fourth-order valence-electron chi connectivity index (χ4n) is 1.92. The van der Waals surface area contributed by atoms with Gasteiger partial charge >= 0.3 is 0 Å². The van der Waals surface area contributed by atoms with Crippen molar-refractivity contribution in [1.29, 1.82) is 0 Å². The van der Waals surface area contributed by atoms with Crippen LogP contribution in [0.25, 0.3) is 0 Å². The van der Waals surface area contributed by atoms with Crippen LogP contribution in [0.15, 0.2) is 0 Å². The molecule has 2 aliphatic rings. The lowest BCUT2D eigenvalue weighted by molar-refractivity contribution is 0.755. The van der Waals surface area contributed by atoms with E-state index >= 15 is 0 Å². The van der Waals surface area contributed by atoms with Gasteiger partial charge in [-0.15, -0.1) is 35.3 Å². The van der Waals surface area contributed by atoms with E-state index in [0.29, 0.717) is 3.41 Å². The van der Waals surface area contributed by atoms with E-state index in [1.165, 1.54) is 36.5 Å². The predicted molar refractivity (Wildman–Crippen MR) is 80.5 cm³/mol. The van der Waals surface area contributed by atoms with E-state index in [1.54, 1.807) is 0 Å². The molecular weight excluding hydrogens is 260 g/mol. The van der Waals surface area contributed by atoms with Crippen LogP contribution in [-0.4, -0.2) is 31.2 Å². The summed E-state index contributed by atoms with van der Waals surface area (Å²) in [6.07, 6.45) is 4.27. The minimum Gasteiger partial charge on any atom is -0.158 e. The second kappa shape index (κ2) is 5.83. The molecule has 2 saturated heterocycles. The second-order valence-electron chi connectivity index (χ2n) is 4.37. The summed E-state index contributed by atoms with van der Waals surface area (Å²) in [7, 11) is 0. The first-order valence-electron chi connectivity index (χ1n) is 5.77. The molecule has 0 N–H and O–H groups in total. The summed E-state index contributed by atoms with van der Waals surface area (Å²) in [6.45, 7) is 4.78. The van der Waals surface area contributed by atoms with Crippen molar-refractivity contribution in [2.75, 3.05) is 17.3 Å². The van der Waals surface area contributed by atoms with Crippen LogP contribution in [0, 0.1) is 0 Å². The molecule has 2 aliphatic heterocycles. The molecule has 0 aromatic carbocycles. The zero-order chi connectivity index (χ0) is 10.7. The lowest BCUT2D eigenvalue weighted by atomic mass is 10.3. The second-order valence-corrected chi connectivity index (χ2v) is 11.1. The van der Waals surface area contributed by atoms with E-state index in [2.05, 4.69) is 60.9 Å². The van der Waals surface area contributed by atoms with E-state index < -0.39 is 0 Å². The van der Waals surface area contributed by atoms with Gasteiger partial charge in [-0.2, -0.15) is 11.8 Å². The molecule has 1 spiro atoms. The van der Waals surface area contributed by atoms with Gasteiger partial charge in [0.25, 0.3) is 0 Å². The standard InChI is InChI=1S/C11H20S4/c1-9-7-13-11(5-3-4-6-12-9)14-8-10(2)15-11/h9-10H,3-8H2,1-2H3. The van der Waals surface area contributed by atoms with Gasteiger partial charge in [0.2, 0.25) is 0 Å². The molecule has 0 aromatic rings. The SMILES string of the molecule is CC1CSC2(CCCCS1)SCC(C)S2. The lowest BCUT2D eigenvalue weighted by Crippen LogP contribution is -2.14. The molecule has 15 heavy (non-hydrogen) atoms. The van der Waals surface area contributed by atoms with Crippen LogP contribution in [0.5, 0.6) is 0 Å². The Kier molecular flexibility index (Phi) is 4.99. The van der Waals surface area contributed by atoms with Crippen molar-refractivity contribution in [2.24, 2.45) is 0 Å². The highest BCUT2D eigenvalue weighted by molar-refractivity contribution is 8.36. The molecule has 0 saturated carbocycles. The summed E-state index contributed by atoms with van der Waals surface area (Å²) in [6, 6.07) is 0. The summed E-state index contributed by atoms with van der Waals surface area (Å²) >= 11 is 8.87. The first kappa shape index (κ1) is 12.8. The zero-order valence-electron chi connectivity index (χ0n) is 9.53. The van der Waals surface area contributed by atoms with Crippen LogP contribution in [0.2, 0.25) is 0 Å². The maximum Gasteiger partial charge on any atom is 0.107 e. The van der Waals surface area contributed by atoms with E-state index in [-0.39, 0.29) is 0 Å². The molecule has 2 fully saturated rings. The average Bonchev–Trinajstić information content (AvgIpc) is 2.60. The first-order valence-corrected chi connectivity index (χ1v) is 9.67. The van der Waals surface area contributed by atoms with Crippen molar-refractivity contribution in [3.63, 3.8) is 0 Å². The molecule has 2 heterocycles. The van der Waals surface area contributed by atoms with Gasteiger partial charge in [-0.05, 0) is 25.0 Å². The topological polar surface area (TPSA) is 0 Å². The van der Waals surface area contributed by atoms with Gasteiger partial charge in [0.05, 0.1) is 0 Å². The van der Waals surface area contributed by atoms with Gasteiger partial charge in [-0.3, -0.25) is 0 Å². The zero-order valence-corrected chi connectivity index (χ0v) is 12.8. The van der Waals surface area contributed by atoms with Crippen molar-refractivity contribution >= 4 is 47.0 Å². The van der Waals surface area contributed by atoms with Gasteiger partial charge in [0.1, 0.15) is 3.41 Å². The molecule has 0 aliphatic carbocycles. The maximum absolute atomic E-state index is 2.39. The Morgan fingerprint density at radius 2 is 1.73 bits per heavy atom. The van der Waals surface area contributed by atoms with Crippen LogP contribution >= 0.6 is 47.0 Å². The minimum atomic E-state index is 0.526. The summed E-state index contributed by atoms with van der Waals surface area (Å²) in [4.78, 5) is 0. The van der Waals surface area contributed by atoms with Gasteiger partial charge in [-0.25, -0.2) is 0 Å². The van der Waals surface area contributed by atoms with Crippen LogP contribution in [0.1, 0.15) is 33.1 Å². The quantitative estimate of drug-likeness (QED) is 0.638. The number of thioether (sulfide) groups is 4. The Bertz CT molecular complexity index is 209. The van der Waals surface area contributed by atoms with Crippen molar-refractivity contribution in [3.8, 4) is 0 Å². The number of rotatable bonds is 0. The van der Waals surface area contributed by atoms with Crippen LogP contribution in [-0.2, 0) is 0 Å². The Morgan fingerprint density at radius 3 is 2.47 bits per heavy atom. The van der Waals surface area contributed by atoms with Crippen molar-refractivity contribution in [3.05, 3.63) is 0 Å². The van der Waals surface area contributed by atoms with Crippen molar-refractivity contribution in [2.45, 2.75) is 47.0 Å². The molecule has 3 atom stereocenters. The highest BCUT2D eigenvalue weighted by atomic mass is 32.3. The van der Waals surface area contributed by atoms with Gasteiger partial charge in [0.15, 0.2) is 0 Å². The molecular formula is C11H20S4. The molecule has 0 nitrogen and oxygen atoms in total. The number of hydrogen-bond donors (Lipinski definition) is 0. The molecule has 2 rings (SSSR count). The van der Waals surface area contributed by atoms with E-state index in [9.17, 15) is 0 Å². The molecule has 0 radical (unpaired) electrons. The van der Waals surface area contributed by atoms with Crippen LogP contribution < -0.4 is 0 Å². The molecule has 0 aromatic heterocycles. The summed E-state index contributed by atoms with van der Waals surface area (Å²) in [5, 5.41) is 1.72. The third-order valence-electron chi connectivity index (χ3n) is 2.74. The third kappa shape index (κ3) is 3.68. The minimum absolute atomic E-state index is 0.526. The molecule has 4 heteroatoms. The van der Waals surface area contributed by atoms with E-state index in [4.69, 9.17) is 0 Å². The molecule has 0 bridgehead atoms. The monoisotopic (exact) mass is 280 g/mol. The summed E-state index contributed by atoms with van der Waals surface area (Å²) < 4.78 is 0.526. The first-order chi connectivity index (χ1) is 7.20. The largest absolute Gasteiger partial charge is 0.158 e. The Labute approximate surface area is 111 Å². The Balaban J connectivity index is 1.96. The van der Waals surface area contributed by atoms with Crippen LogP contribution in [0.3, 0.4) is 0 Å². The van der Waals surface area contributed by atoms with Crippen LogP contribution in [0.4, 0.5) is 0 Å². The Morgan fingerprint density at radius 1 is 1.00 bits per heavy atom. The van der Waals surface area contributed by atoms with Gasteiger partial charge < -0.3 is 0 Å². The normalized spacial score (nSPS) is 43.6. The highest BCUT2D eigenvalue weighted by Crippen LogP contribution is 2.58. The molecule has 88 valence electrons. The van der Waals surface area contributed by atoms with Crippen molar-refractivity contribution < 1.29 is 0 Å². The van der Waals surface area contributed by atoms with E-state index in [1.807, 2.05) is 0 Å².